The number of hydrogen-bond acceptors (Lipinski definition) is 7. The van der Waals surface area contributed by atoms with Gasteiger partial charge in [-0.1, -0.05) is 0 Å². The lowest BCUT2D eigenvalue weighted by Crippen LogP contribution is -2.44. The summed E-state index contributed by atoms with van der Waals surface area (Å²) in [6.07, 6.45) is 1.61. The SMILES string of the molecule is CSCC[C@H](NC(=O)OC(C)(C)C)C(=O)OCc1ccc([N+](=O)[O-])cc1. The van der Waals surface area contributed by atoms with E-state index in [1.807, 2.05) is 6.26 Å². The molecule has 0 radical (unpaired) electrons. The van der Waals surface area contributed by atoms with E-state index >= 15 is 0 Å². The van der Waals surface area contributed by atoms with Gasteiger partial charge in [-0.15, -0.1) is 0 Å². The van der Waals surface area contributed by atoms with Crippen molar-refractivity contribution in [3.63, 3.8) is 0 Å². The Balaban J connectivity index is 2.64. The van der Waals surface area contributed by atoms with E-state index in [-0.39, 0.29) is 12.3 Å². The Morgan fingerprint density at radius 1 is 1.27 bits per heavy atom. The lowest BCUT2D eigenvalue weighted by atomic mass is 10.2. The zero-order chi connectivity index (χ0) is 19.7. The average Bonchev–Trinajstić information content (AvgIpc) is 2.55. The summed E-state index contributed by atoms with van der Waals surface area (Å²) < 4.78 is 10.4. The monoisotopic (exact) mass is 384 g/mol. The maximum atomic E-state index is 12.3. The van der Waals surface area contributed by atoms with Gasteiger partial charge in [0.1, 0.15) is 18.2 Å². The Bertz CT molecular complexity index is 627. The molecule has 0 heterocycles. The van der Waals surface area contributed by atoms with Crippen LogP contribution in [0.5, 0.6) is 0 Å². The van der Waals surface area contributed by atoms with E-state index in [1.54, 1.807) is 32.5 Å². The van der Waals surface area contributed by atoms with Gasteiger partial charge < -0.3 is 14.8 Å². The Morgan fingerprint density at radius 2 is 1.88 bits per heavy atom. The van der Waals surface area contributed by atoms with E-state index in [0.717, 1.165) is 0 Å². The predicted octanol–water partition coefficient (Wildman–Crippen LogP) is 3.28. The van der Waals surface area contributed by atoms with Crippen LogP contribution in [0.2, 0.25) is 0 Å². The highest BCUT2D eigenvalue weighted by Gasteiger charge is 2.25. The van der Waals surface area contributed by atoms with Crippen molar-refractivity contribution in [1.82, 2.24) is 5.32 Å². The number of nitro benzene ring substituents is 1. The van der Waals surface area contributed by atoms with Crippen molar-refractivity contribution >= 4 is 29.5 Å². The summed E-state index contributed by atoms with van der Waals surface area (Å²) in [4.78, 5) is 34.3. The molecule has 1 atom stereocenters. The number of non-ortho nitro benzene ring substituents is 1. The molecule has 1 rings (SSSR count). The van der Waals surface area contributed by atoms with Gasteiger partial charge in [0.05, 0.1) is 4.92 Å². The Labute approximate surface area is 156 Å². The maximum Gasteiger partial charge on any atom is 0.408 e. The molecule has 1 N–H and O–H groups in total. The number of thioether (sulfide) groups is 1. The van der Waals surface area contributed by atoms with Crippen LogP contribution in [0.1, 0.15) is 32.8 Å². The van der Waals surface area contributed by atoms with Crippen LogP contribution in [0, 0.1) is 10.1 Å². The van der Waals surface area contributed by atoms with Crippen molar-refractivity contribution in [2.45, 2.75) is 45.4 Å². The van der Waals surface area contributed by atoms with Gasteiger partial charge in [-0.2, -0.15) is 11.8 Å². The van der Waals surface area contributed by atoms with E-state index in [4.69, 9.17) is 9.47 Å². The van der Waals surface area contributed by atoms with Crippen LogP contribution >= 0.6 is 11.8 Å². The molecule has 0 fully saturated rings. The third-order valence-electron chi connectivity index (χ3n) is 3.11. The molecule has 144 valence electrons. The second-order valence-corrected chi connectivity index (χ2v) is 7.50. The van der Waals surface area contributed by atoms with Crippen molar-refractivity contribution in [2.75, 3.05) is 12.0 Å². The fourth-order valence-electron chi connectivity index (χ4n) is 1.90. The molecule has 0 spiro atoms. The van der Waals surface area contributed by atoms with Gasteiger partial charge >= 0.3 is 12.1 Å². The van der Waals surface area contributed by atoms with Gasteiger partial charge in [0.2, 0.25) is 0 Å². The topological polar surface area (TPSA) is 108 Å². The number of hydrogen-bond donors (Lipinski definition) is 1. The van der Waals surface area contributed by atoms with E-state index in [1.165, 1.54) is 24.3 Å². The molecule has 26 heavy (non-hydrogen) atoms. The highest BCUT2D eigenvalue weighted by molar-refractivity contribution is 7.98. The lowest BCUT2D eigenvalue weighted by molar-refractivity contribution is -0.384. The zero-order valence-corrected chi connectivity index (χ0v) is 16.1. The summed E-state index contributed by atoms with van der Waals surface area (Å²) in [5, 5.41) is 13.2. The number of nitrogens with one attached hydrogen (secondary N) is 1. The van der Waals surface area contributed by atoms with Crippen LogP contribution in [-0.4, -0.2) is 40.6 Å². The molecule has 0 unspecified atom stereocenters. The third kappa shape index (κ3) is 8.19. The van der Waals surface area contributed by atoms with Gasteiger partial charge in [0.25, 0.3) is 5.69 Å². The van der Waals surface area contributed by atoms with Crippen molar-refractivity contribution in [3.8, 4) is 0 Å². The number of nitrogens with zero attached hydrogens (tertiary/aromatic N) is 1. The molecule has 0 aliphatic heterocycles. The average molecular weight is 384 g/mol. The second-order valence-electron chi connectivity index (χ2n) is 6.51. The molecule has 1 aromatic carbocycles. The summed E-state index contributed by atoms with van der Waals surface area (Å²) in [6.45, 7) is 5.16. The van der Waals surface area contributed by atoms with Gasteiger partial charge in [0.15, 0.2) is 0 Å². The van der Waals surface area contributed by atoms with E-state index in [0.29, 0.717) is 17.7 Å². The number of nitro groups is 1. The second kappa shape index (κ2) is 10.0. The summed E-state index contributed by atoms with van der Waals surface area (Å²) in [6, 6.07) is 4.89. The van der Waals surface area contributed by atoms with Crippen molar-refractivity contribution in [1.29, 1.82) is 0 Å². The fourth-order valence-corrected chi connectivity index (χ4v) is 2.37. The number of esters is 1. The molecule has 0 saturated carbocycles. The van der Waals surface area contributed by atoms with E-state index < -0.39 is 28.6 Å². The summed E-state index contributed by atoms with van der Waals surface area (Å²) in [5.41, 5.74) is -0.0917. The normalized spacial score (nSPS) is 12.2. The molecule has 0 aromatic heterocycles. The minimum Gasteiger partial charge on any atom is -0.459 e. The fraction of sp³-hybridized carbons (Fsp3) is 0.529. The standard InChI is InChI=1S/C17H24N2O6S/c1-17(2,3)25-16(21)18-14(9-10-26-4)15(20)24-11-12-5-7-13(8-6-12)19(22)23/h5-8,14H,9-11H2,1-4H3,(H,18,21)/t14-/m0/s1. The largest absolute Gasteiger partial charge is 0.459 e. The smallest absolute Gasteiger partial charge is 0.408 e. The van der Waals surface area contributed by atoms with Gasteiger partial charge in [-0.05, 0) is 56.9 Å². The van der Waals surface area contributed by atoms with Crippen molar-refractivity contribution < 1.29 is 24.0 Å². The third-order valence-corrected chi connectivity index (χ3v) is 3.76. The van der Waals surface area contributed by atoms with Crippen molar-refractivity contribution in [2.24, 2.45) is 0 Å². The molecule has 0 aliphatic rings. The lowest BCUT2D eigenvalue weighted by Gasteiger charge is -2.22. The molecule has 0 aliphatic carbocycles. The van der Waals surface area contributed by atoms with Crippen LogP contribution < -0.4 is 5.32 Å². The highest BCUT2D eigenvalue weighted by Crippen LogP contribution is 2.13. The van der Waals surface area contributed by atoms with E-state index in [2.05, 4.69) is 5.32 Å². The quantitative estimate of drug-likeness (QED) is 0.416. The minimum absolute atomic E-state index is 0.0375. The number of carbonyl (C=O) groups excluding carboxylic acids is 2. The molecule has 8 nitrogen and oxygen atoms in total. The number of carbonyl (C=O) groups is 2. The molecule has 1 aromatic rings. The number of amides is 1. The van der Waals surface area contributed by atoms with Crippen LogP contribution in [0.3, 0.4) is 0 Å². The number of alkyl carbamates (subject to hydrolysis) is 1. The van der Waals surface area contributed by atoms with Crippen molar-refractivity contribution in [3.05, 3.63) is 39.9 Å². The number of ether oxygens (including phenoxy) is 2. The molecular formula is C17H24N2O6S. The van der Waals surface area contributed by atoms with Crippen LogP contribution in [0.15, 0.2) is 24.3 Å². The van der Waals surface area contributed by atoms with Gasteiger partial charge in [-0.3, -0.25) is 10.1 Å². The molecule has 9 heteroatoms. The number of benzene rings is 1. The van der Waals surface area contributed by atoms with E-state index in [9.17, 15) is 19.7 Å². The van der Waals surface area contributed by atoms with Gasteiger partial charge in [0, 0.05) is 12.1 Å². The highest BCUT2D eigenvalue weighted by atomic mass is 32.2. The molecule has 1 amide bonds. The zero-order valence-electron chi connectivity index (χ0n) is 15.3. The molecule has 0 saturated heterocycles. The summed E-state index contributed by atoms with van der Waals surface area (Å²) in [7, 11) is 0. The van der Waals surface area contributed by atoms with Crippen LogP contribution in [-0.2, 0) is 20.9 Å². The Morgan fingerprint density at radius 3 is 2.38 bits per heavy atom. The first-order valence-electron chi connectivity index (χ1n) is 8.01. The first-order chi connectivity index (χ1) is 12.1. The maximum absolute atomic E-state index is 12.3. The minimum atomic E-state index is -0.824. The van der Waals surface area contributed by atoms with Crippen LogP contribution in [0.25, 0.3) is 0 Å². The van der Waals surface area contributed by atoms with Gasteiger partial charge in [-0.25, -0.2) is 9.59 Å². The number of rotatable bonds is 8. The summed E-state index contributed by atoms with van der Waals surface area (Å²) in [5.74, 6) is 0.0795. The molecular weight excluding hydrogens is 360 g/mol. The Hall–Kier alpha value is -2.29. The Kier molecular flexibility index (Phi) is 8.37. The first kappa shape index (κ1) is 21.8. The first-order valence-corrected chi connectivity index (χ1v) is 9.40. The predicted molar refractivity (Wildman–Crippen MR) is 99.0 cm³/mol. The molecule has 0 bridgehead atoms. The van der Waals surface area contributed by atoms with Crippen LogP contribution in [0.4, 0.5) is 10.5 Å². The summed E-state index contributed by atoms with van der Waals surface area (Å²) >= 11 is 1.54.